The number of carbonyl (C=O) groups is 1. The maximum absolute atomic E-state index is 11.4. The zero-order chi connectivity index (χ0) is 23.9. The van der Waals surface area contributed by atoms with Gasteiger partial charge in [-0.3, -0.25) is 0 Å². The number of carboxylic acids is 1. The highest BCUT2D eigenvalue weighted by atomic mass is 16.6. The Labute approximate surface area is 200 Å². The molecule has 0 radical (unpaired) electrons. The lowest BCUT2D eigenvalue weighted by atomic mass is 9.95. The minimum absolute atomic E-state index is 0.0302. The molecule has 0 amide bonds. The van der Waals surface area contributed by atoms with Crippen LogP contribution in [0.2, 0.25) is 0 Å². The van der Waals surface area contributed by atoms with E-state index >= 15 is 0 Å². The summed E-state index contributed by atoms with van der Waals surface area (Å²) in [7, 11) is 0. The Balaban J connectivity index is 1.31. The summed E-state index contributed by atoms with van der Waals surface area (Å²) in [6.07, 6.45) is 3.41. The number of benzene rings is 2. The van der Waals surface area contributed by atoms with Gasteiger partial charge in [0.25, 0.3) is 0 Å². The number of fused-ring (bicyclic) bond motifs is 1. The Morgan fingerprint density at radius 3 is 2.68 bits per heavy atom. The first kappa shape index (κ1) is 24.4. The van der Waals surface area contributed by atoms with Crippen LogP contribution in [0.4, 0.5) is 0 Å². The lowest BCUT2D eigenvalue weighted by Crippen LogP contribution is -2.34. The Morgan fingerprint density at radius 1 is 1.15 bits per heavy atom. The second-order valence-corrected chi connectivity index (χ2v) is 8.84. The third-order valence-corrected chi connectivity index (χ3v) is 6.20. The zero-order valence-electron chi connectivity index (χ0n) is 19.9. The van der Waals surface area contributed by atoms with Crippen molar-refractivity contribution in [3.05, 3.63) is 53.9 Å². The average molecular weight is 468 g/mol. The lowest BCUT2D eigenvalue weighted by Gasteiger charge is -2.29. The summed E-state index contributed by atoms with van der Waals surface area (Å²) in [5, 5.41) is 11.6. The van der Waals surface area contributed by atoms with Crippen molar-refractivity contribution in [2.24, 2.45) is 0 Å². The molecular formula is C27H33NO6. The van der Waals surface area contributed by atoms with E-state index < -0.39 is 12.1 Å². The van der Waals surface area contributed by atoms with Crippen molar-refractivity contribution in [1.82, 2.24) is 4.98 Å². The van der Waals surface area contributed by atoms with Crippen LogP contribution in [0, 0.1) is 6.92 Å². The molecule has 1 heterocycles. The van der Waals surface area contributed by atoms with Crippen LogP contribution in [0.15, 0.2) is 46.9 Å². The number of hydrogen-bond acceptors (Lipinski definition) is 6. The Kier molecular flexibility index (Phi) is 8.32. The molecule has 1 aliphatic carbocycles. The van der Waals surface area contributed by atoms with Crippen molar-refractivity contribution < 1.29 is 28.5 Å². The normalized spacial score (nSPS) is 19.4. The average Bonchev–Trinajstić information content (AvgIpc) is 3.23. The van der Waals surface area contributed by atoms with E-state index in [9.17, 15) is 9.90 Å². The molecule has 34 heavy (non-hydrogen) atoms. The minimum Gasteiger partial charge on any atom is -0.479 e. The maximum atomic E-state index is 11.4. The van der Waals surface area contributed by atoms with Gasteiger partial charge in [-0.05, 0) is 61.9 Å². The molecule has 1 fully saturated rings. The largest absolute Gasteiger partial charge is 0.479 e. The van der Waals surface area contributed by atoms with Crippen molar-refractivity contribution >= 4 is 16.7 Å². The predicted octanol–water partition coefficient (Wildman–Crippen LogP) is 5.53. The van der Waals surface area contributed by atoms with Gasteiger partial charge in [0.05, 0.1) is 25.4 Å². The van der Waals surface area contributed by atoms with E-state index in [1.165, 1.54) is 5.39 Å². The summed E-state index contributed by atoms with van der Waals surface area (Å²) in [5.41, 5.74) is 1.74. The Hall–Kier alpha value is -2.74. The summed E-state index contributed by atoms with van der Waals surface area (Å²) in [6.45, 7) is 4.70. The molecule has 1 saturated carbocycles. The van der Waals surface area contributed by atoms with Gasteiger partial charge >= 0.3 is 5.97 Å². The summed E-state index contributed by atoms with van der Waals surface area (Å²) in [4.78, 5) is 16.1. The third kappa shape index (κ3) is 6.23. The number of oxazole rings is 1. The quantitative estimate of drug-likeness (QED) is 0.397. The van der Waals surface area contributed by atoms with E-state index in [4.69, 9.17) is 23.6 Å². The van der Waals surface area contributed by atoms with Crippen LogP contribution in [0.3, 0.4) is 0 Å². The molecule has 182 valence electrons. The van der Waals surface area contributed by atoms with Crippen LogP contribution in [-0.4, -0.2) is 47.6 Å². The highest BCUT2D eigenvalue weighted by molar-refractivity contribution is 5.86. The van der Waals surface area contributed by atoms with Crippen molar-refractivity contribution in [2.75, 3.05) is 13.2 Å². The molecular weight excluding hydrogens is 434 g/mol. The number of aromatic nitrogens is 1. The molecule has 1 aliphatic rings. The first-order chi connectivity index (χ1) is 16.5. The van der Waals surface area contributed by atoms with E-state index in [1.807, 2.05) is 32.0 Å². The number of rotatable bonds is 11. The highest BCUT2D eigenvalue weighted by Crippen LogP contribution is 2.28. The van der Waals surface area contributed by atoms with Gasteiger partial charge < -0.3 is 23.7 Å². The van der Waals surface area contributed by atoms with Gasteiger partial charge in [0.15, 0.2) is 6.10 Å². The molecule has 1 unspecified atom stereocenters. The fourth-order valence-electron chi connectivity index (χ4n) is 4.28. The van der Waals surface area contributed by atoms with E-state index in [2.05, 4.69) is 24.3 Å². The molecule has 0 saturated heterocycles. The van der Waals surface area contributed by atoms with Crippen LogP contribution in [0.1, 0.15) is 50.5 Å². The fourth-order valence-corrected chi connectivity index (χ4v) is 4.28. The Bertz CT molecular complexity index is 1090. The number of carboxylic acid groups (broad SMARTS) is 1. The fraction of sp³-hybridized carbons (Fsp3) is 0.481. The molecule has 7 nitrogen and oxygen atoms in total. The molecule has 1 N–H and O–H groups in total. The summed E-state index contributed by atoms with van der Waals surface area (Å²) >= 11 is 0. The standard InChI is InChI=1S/C27H33NO6/c1-3-13-31-25(27(29)30)17-33-23-10-6-9-22(15-23)32-16-24-18(2)34-26(28-24)21-12-11-19-7-4-5-8-20(19)14-21/h4-5,7-8,11-12,14,22-23,25H,3,6,9-10,13,15-17H2,1-2H3,(H,29,30)/t22-,23+,25?/m0/s1. The second-order valence-electron chi connectivity index (χ2n) is 8.84. The van der Waals surface area contributed by atoms with E-state index in [0.29, 0.717) is 19.1 Å². The lowest BCUT2D eigenvalue weighted by molar-refractivity contribution is -0.157. The number of hydrogen-bond donors (Lipinski definition) is 1. The van der Waals surface area contributed by atoms with Gasteiger partial charge in [-0.25, -0.2) is 9.78 Å². The highest BCUT2D eigenvalue weighted by Gasteiger charge is 2.26. The van der Waals surface area contributed by atoms with Crippen molar-refractivity contribution in [3.63, 3.8) is 0 Å². The monoisotopic (exact) mass is 467 g/mol. The number of aliphatic carboxylic acids is 1. The summed E-state index contributed by atoms with van der Waals surface area (Å²) in [6, 6.07) is 14.4. The molecule has 7 heteroatoms. The minimum atomic E-state index is -0.985. The zero-order valence-corrected chi connectivity index (χ0v) is 19.9. The number of nitrogens with zero attached hydrogens (tertiary/aromatic N) is 1. The van der Waals surface area contributed by atoms with Crippen molar-refractivity contribution in [2.45, 2.75) is 70.9 Å². The van der Waals surface area contributed by atoms with Gasteiger partial charge in [-0.1, -0.05) is 37.3 Å². The van der Waals surface area contributed by atoms with E-state index in [0.717, 1.165) is 54.5 Å². The molecule has 0 aliphatic heterocycles. The summed E-state index contributed by atoms with van der Waals surface area (Å²) < 4.78 is 23.4. The van der Waals surface area contributed by atoms with Gasteiger partial charge in [0.1, 0.15) is 11.5 Å². The van der Waals surface area contributed by atoms with Crippen molar-refractivity contribution in [1.29, 1.82) is 0 Å². The first-order valence-corrected chi connectivity index (χ1v) is 12.1. The molecule has 2 aromatic carbocycles. The molecule has 0 spiro atoms. The van der Waals surface area contributed by atoms with Gasteiger partial charge in [-0.2, -0.15) is 0 Å². The van der Waals surface area contributed by atoms with Crippen LogP contribution >= 0.6 is 0 Å². The SMILES string of the molecule is CCCOC(CO[C@@H]1CCC[C@H](OCc2nc(-c3ccc4ccccc4c3)oc2C)C1)C(=O)O. The summed E-state index contributed by atoms with van der Waals surface area (Å²) in [5.74, 6) is 0.364. The van der Waals surface area contributed by atoms with Crippen LogP contribution < -0.4 is 0 Å². The van der Waals surface area contributed by atoms with Crippen LogP contribution in [-0.2, 0) is 25.6 Å². The van der Waals surface area contributed by atoms with Gasteiger partial charge in [0, 0.05) is 12.2 Å². The number of ether oxygens (including phenoxy) is 3. The third-order valence-electron chi connectivity index (χ3n) is 6.20. The topological polar surface area (TPSA) is 91.0 Å². The molecule has 4 rings (SSSR count). The van der Waals surface area contributed by atoms with Crippen molar-refractivity contribution in [3.8, 4) is 11.5 Å². The van der Waals surface area contributed by atoms with E-state index in [-0.39, 0.29) is 18.8 Å². The van der Waals surface area contributed by atoms with Gasteiger partial charge in [-0.15, -0.1) is 0 Å². The number of aryl methyl sites for hydroxylation is 1. The van der Waals surface area contributed by atoms with Gasteiger partial charge in [0.2, 0.25) is 5.89 Å². The molecule has 3 atom stereocenters. The molecule has 3 aromatic rings. The predicted molar refractivity (Wildman–Crippen MR) is 129 cm³/mol. The van der Waals surface area contributed by atoms with E-state index in [1.54, 1.807) is 0 Å². The molecule has 1 aromatic heterocycles. The maximum Gasteiger partial charge on any atom is 0.335 e. The molecule has 0 bridgehead atoms. The second kappa shape index (κ2) is 11.6. The van der Waals surface area contributed by atoms with Crippen LogP contribution in [0.25, 0.3) is 22.2 Å². The van der Waals surface area contributed by atoms with Crippen LogP contribution in [0.5, 0.6) is 0 Å². The Morgan fingerprint density at radius 2 is 1.91 bits per heavy atom. The first-order valence-electron chi connectivity index (χ1n) is 12.1. The smallest absolute Gasteiger partial charge is 0.335 e.